The molecule has 1 aliphatic carbocycles. The summed E-state index contributed by atoms with van der Waals surface area (Å²) < 4.78 is 25.4. The molecular formula is C8H18FGeN3Zr. The molecule has 0 aromatic heterocycles. The summed E-state index contributed by atoms with van der Waals surface area (Å²) in [5.41, 5.74) is 0. The molecule has 14 heavy (non-hydrogen) atoms. The second kappa shape index (κ2) is 5.71. The van der Waals surface area contributed by atoms with Crippen LogP contribution in [0.5, 0.6) is 0 Å². The predicted octanol–water partition coefficient (Wildman–Crippen LogP) is -0.232. The van der Waals surface area contributed by atoms with Crippen molar-refractivity contribution in [3.63, 3.8) is 0 Å². The van der Waals surface area contributed by atoms with Crippen LogP contribution in [0.3, 0.4) is 0 Å². The Morgan fingerprint density at radius 2 is 1.86 bits per heavy atom. The number of hydrogen-bond acceptors (Lipinski definition) is 3. The maximum absolute atomic E-state index is 12.9. The van der Waals surface area contributed by atoms with E-state index in [4.69, 9.17) is 0 Å². The van der Waals surface area contributed by atoms with Crippen molar-refractivity contribution >= 4 is 15.9 Å². The van der Waals surface area contributed by atoms with Crippen LogP contribution < -0.4 is 9.78 Å². The van der Waals surface area contributed by atoms with Crippen LogP contribution >= 0.6 is 0 Å². The molecule has 3 N–H and O–H groups in total. The zero-order valence-corrected chi connectivity index (χ0v) is 14.4. The van der Waals surface area contributed by atoms with E-state index in [1.807, 2.05) is 27.2 Å². The molecule has 0 heterocycles. The Bertz CT molecular complexity index is 255. The monoisotopic (exact) mass is 339 g/mol. The number of nitrogens with one attached hydrogen (secondary N) is 3. The van der Waals surface area contributed by atoms with E-state index < -0.39 is 37.0 Å². The van der Waals surface area contributed by atoms with Gasteiger partial charge >= 0.3 is 97.7 Å². The molecule has 0 spiro atoms. The van der Waals surface area contributed by atoms with Gasteiger partial charge in [0.15, 0.2) is 0 Å². The molecule has 0 radical (unpaired) electrons. The molecule has 0 fully saturated rings. The van der Waals surface area contributed by atoms with Crippen LogP contribution in [0.1, 0.15) is 6.42 Å². The summed E-state index contributed by atoms with van der Waals surface area (Å²) in [6.45, 7) is 0. The molecule has 0 aromatic carbocycles. The van der Waals surface area contributed by atoms with Gasteiger partial charge in [0, 0.05) is 0 Å². The molecule has 0 bridgehead atoms. The molecule has 0 aliphatic heterocycles. The average molecular weight is 339 g/mol. The van der Waals surface area contributed by atoms with Gasteiger partial charge in [0.05, 0.1) is 0 Å². The van der Waals surface area contributed by atoms with E-state index in [0.717, 1.165) is 10.8 Å². The van der Waals surface area contributed by atoms with Crippen molar-refractivity contribution in [1.82, 2.24) is 9.78 Å². The first-order valence-electron chi connectivity index (χ1n) is 4.75. The molecule has 1 aliphatic rings. The van der Waals surface area contributed by atoms with Crippen LogP contribution in [0.2, 0.25) is 0 Å². The minimum atomic E-state index is -2.79. The fourth-order valence-corrected chi connectivity index (χ4v) is 13.7. The maximum atomic E-state index is 12.9. The summed E-state index contributed by atoms with van der Waals surface area (Å²) in [5.74, 6) is 0. The summed E-state index contributed by atoms with van der Waals surface area (Å²) in [4.78, 5) is 0. The van der Waals surface area contributed by atoms with Gasteiger partial charge in [-0.25, -0.2) is 0 Å². The quantitative estimate of drug-likeness (QED) is 0.606. The van der Waals surface area contributed by atoms with Crippen LogP contribution in [0, 0.1) is 0 Å². The second-order valence-corrected chi connectivity index (χ2v) is 14.3. The van der Waals surface area contributed by atoms with Gasteiger partial charge in [0.1, 0.15) is 0 Å². The van der Waals surface area contributed by atoms with E-state index in [1.54, 1.807) is 0 Å². The van der Waals surface area contributed by atoms with Gasteiger partial charge in [-0.1, -0.05) is 0 Å². The Morgan fingerprint density at radius 1 is 1.29 bits per heavy atom. The number of rotatable bonds is 5. The van der Waals surface area contributed by atoms with Gasteiger partial charge in [-0.05, 0) is 0 Å². The van der Waals surface area contributed by atoms with Gasteiger partial charge in [0.25, 0.3) is 0 Å². The molecule has 80 valence electrons. The fourth-order valence-electron chi connectivity index (χ4n) is 1.90. The Labute approximate surface area is 97.2 Å². The SMILES string of the molecule is C[NH][Zr]([NH]C)([NH]C)[C]1=[C]([GeH2][F])C=CC1. The average Bonchev–Trinajstić information content (AvgIpc) is 2.70. The van der Waals surface area contributed by atoms with Crippen molar-refractivity contribution < 1.29 is 24.6 Å². The molecule has 0 amide bonds. The summed E-state index contributed by atoms with van der Waals surface area (Å²) in [5, 5.41) is 0. The van der Waals surface area contributed by atoms with Crippen molar-refractivity contribution in [3.8, 4) is 0 Å². The van der Waals surface area contributed by atoms with E-state index in [1.165, 1.54) is 3.28 Å². The Kier molecular flexibility index (Phi) is 5.21. The summed E-state index contributed by atoms with van der Waals surface area (Å²) in [6.07, 6.45) is 4.98. The molecule has 6 heteroatoms. The third-order valence-corrected chi connectivity index (χ3v) is 15.6. The number of hydrogen-bond donors (Lipinski definition) is 3. The standard InChI is InChI=1S/C5H6FGe.3CH4N.Zr/c6-7-5-3-1-2-4-5;3*1-2;/h1,3H,2,7H2;3*2H,1H3;/q;3*-1;+3. The molecule has 1 rings (SSSR count). The van der Waals surface area contributed by atoms with Gasteiger partial charge in [-0.2, -0.15) is 0 Å². The van der Waals surface area contributed by atoms with Gasteiger partial charge < -0.3 is 0 Å². The van der Waals surface area contributed by atoms with Crippen molar-refractivity contribution in [3.05, 3.63) is 19.8 Å². The first-order chi connectivity index (χ1) is 6.74. The molecule has 0 atom stereocenters. The van der Waals surface area contributed by atoms with Crippen LogP contribution in [0.15, 0.2) is 19.8 Å². The molecule has 0 saturated carbocycles. The zero-order valence-electron chi connectivity index (χ0n) is 8.95. The molecule has 3 nitrogen and oxygen atoms in total. The third kappa shape index (κ3) is 2.27. The Balaban J connectivity index is 3.00. The van der Waals surface area contributed by atoms with Gasteiger partial charge in [-0.3, -0.25) is 0 Å². The zero-order chi connectivity index (χ0) is 10.6. The normalized spacial score (nSPS) is 17.7. The topological polar surface area (TPSA) is 36.1 Å². The number of halogens is 1. The van der Waals surface area contributed by atoms with Crippen molar-refractivity contribution in [2.24, 2.45) is 0 Å². The minimum absolute atomic E-state index is 0.920. The predicted molar refractivity (Wildman–Crippen MR) is 57.6 cm³/mol. The van der Waals surface area contributed by atoms with Gasteiger partial charge in [-0.15, -0.1) is 0 Å². The second-order valence-electron chi connectivity index (χ2n) is 3.24. The van der Waals surface area contributed by atoms with Crippen molar-refractivity contribution in [1.29, 1.82) is 0 Å². The van der Waals surface area contributed by atoms with Crippen LogP contribution in [-0.4, -0.2) is 37.0 Å². The number of allylic oxidation sites excluding steroid dienone is 4. The molecule has 0 saturated heterocycles. The van der Waals surface area contributed by atoms with Crippen LogP contribution in [-0.2, 0) is 21.1 Å². The van der Waals surface area contributed by atoms with Crippen molar-refractivity contribution in [2.45, 2.75) is 6.42 Å². The summed E-state index contributed by atoms with van der Waals surface area (Å²) in [6, 6.07) is 0. The summed E-state index contributed by atoms with van der Waals surface area (Å²) in [7, 11) is 5.87. The van der Waals surface area contributed by atoms with Gasteiger partial charge in [0.2, 0.25) is 0 Å². The fraction of sp³-hybridized carbons (Fsp3) is 0.500. The van der Waals surface area contributed by atoms with E-state index in [9.17, 15) is 3.50 Å². The Morgan fingerprint density at radius 3 is 2.29 bits per heavy atom. The van der Waals surface area contributed by atoms with E-state index >= 15 is 0 Å². The first kappa shape index (κ1) is 12.8. The van der Waals surface area contributed by atoms with E-state index in [0.29, 0.717) is 0 Å². The van der Waals surface area contributed by atoms with Crippen LogP contribution in [0.4, 0.5) is 3.50 Å². The Hall–Kier alpha value is 0.716. The van der Waals surface area contributed by atoms with Crippen molar-refractivity contribution in [2.75, 3.05) is 21.1 Å². The third-order valence-electron chi connectivity index (χ3n) is 2.75. The molecule has 0 aromatic rings. The van der Waals surface area contributed by atoms with Crippen LogP contribution in [0.25, 0.3) is 0 Å². The van der Waals surface area contributed by atoms with E-state index in [-0.39, 0.29) is 0 Å². The first-order valence-corrected chi connectivity index (χ1v) is 12.3. The summed E-state index contributed by atoms with van der Waals surface area (Å²) >= 11 is -4.74. The molecular weight excluding hydrogens is 321 g/mol. The molecule has 0 unspecified atom stereocenters. The van der Waals surface area contributed by atoms with E-state index in [2.05, 4.69) is 15.9 Å².